The van der Waals surface area contributed by atoms with Gasteiger partial charge in [0.1, 0.15) is 0 Å². The van der Waals surface area contributed by atoms with Gasteiger partial charge < -0.3 is 10.2 Å². The summed E-state index contributed by atoms with van der Waals surface area (Å²) in [6.07, 6.45) is 1.57. The number of halogens is 2. The van der Waals surface area contributed by atoms with Crippen LogP contribution in [0.25, 0.3) is 0 Å². The van der Waals surface area contributed by atoms with Crippen LogP contribution in [0.2, 0.25) is 10.0 Å². The number of rotatable bonds is 5. The van der Waals surface area contributed by atoms with Crippen LogP contribution in [0, 0.1) is 6.92 Å². The average molecular weight is 374 g/mol. The van der Waals surface area contributed by atoms with Gasteiger partial charge in [0, 0.05) is 17.9 Å². The lowest BCUT2D eigenvalue weighted by molar-refractivity contribution is 0.886. The molecule has 5 nitrogen and oxygen atoms in total. The molecule has 3 rings (SSSR count). The van der Waals surface area contributed by atoms with E-state index in [9.17, 15) is 0 Å². The molecule has 7 heteroatoms. The van der Waals surface area contributed by atoms with Gasteiger partial charge in [-0.05, 0) is 49.7 Å². The monoisotopic (exact) mass is 373 g/mol. The number of aromatic nitrogens is 3. The maximum Gasteiger partial charge on any atom is 0.251 e. The third kappa shape index (κ3) is 4.18. The molecule has 1 N–H and O–H groups in total. The summed E-state index contributed by atoms with van der Waals surface area (Å²) in [5.41, 5.74) is 2.98. The number of nitrogens with zero attached hydrogens (tertiary/aromatic N) is 4. The molecule has 0 fully saturated rings. The minimum Gasteiger partial charge on any atom is -0.339 e. The third-order valence-corrected chi connectivity index (χ3v) is 4.35. The Labute approximate surface area is 156 Å². The zero-order valence-corrected chi connectivity index (χ0v) is 15.4. The van der Waals surface area contributed by atoms with Crippen molar-refractivity contribution in [2.45, 2.75) is 13.8 Å². The van der Waals surface area contributed by atoms with Crippen molar-refractivity contribution in [3.8, 4) is 0 Å². The van der Waals surface area contributed by atoms with Gasteiger partial charge in [0.25, 0.3) is 5.95 Å². The topological polar surface area (TPSA) is 53.9 Å². The Balaban J connectivity index is 1.88. The van der Waals surface area contributed by atoms with Crippen molar-refractivity contribution in [2.75, 3.05) is 16.8 Å². The second kappa shape index (κ2) is 7.68. The lowest BCUT2D eigenvalue weighted by atomic mass is 10.2. The minimum atomic E-state index is 0.476. The largest absolute Gasteiger partial charge is 0.339 e. The van der Waals surface area contributed by atoms with Gasteiger partial charge in [-0.1, -0.05) is 35.3 Å². The lowest BCUT2D eigenvalue weighted by Gasteiger charge is -2.21. The van der Waals surface area contributed by atoms with Gasteiger partial charge in [0.2, 0.25) is 0 Å². The minimum absolute atomic E-state index is 0.476. The van der Waals surface area contributed by atoms with Gasteiger partial charge >= 0.3 is 0 Å². The molecule has 0 spiro atoms. The summed E-state index contributed by atoms with van der Waals surface area (Å²) in [5.74, 6) is 1.10. The van der Waals surface area contributed by atoms with Gasteiger partial charge in [-0.3, -0.25) is 0 Å². The molecule has 0 unspecified atom stereocenters. The molecule has 128 valence electrons. The molecule has 0 aliphatic rings. The second-order valence-electron chi connectivity index (χ2n) is 5.48. The van der Waals surface area contributed by atoms with Gasteiger partial charge in [-0.25, -0.2) is 0 Å². The fraction of sp³-hybridized carbons (Fsp3) is 0.167. The molecule has 2 aromatic carbocycles. The number of nitrogens with one attached hydrogen (secondary N) is 1. The van der Waals surface area contributed by atoms with Crippen LogP contribution in [0.5, 0.6) is 0 Å². The number of hydrogen-bond donors (Lipinski definition) is 1. The highest BCUT2D eigenvalue weighted by atomic mass is 35.5. The van der Waals surface area contributed by atoms with E-state index < -0.39 is 0 Å². The highest BCUT2D eigenvalue weighted by Gasteiger charge is 2.12. The maximum absolute atomic E-state index is 6.05. The van der Waals surface area contributed by atoms with Crippen LogP contribution in [0.15, 0.2) is 48.7 Å². The first-order chi connectivity index (χ1) is 12.1. The van der Waals surface area contributed by atoms with Crippen LogP contribution < -0.4 is 10.2 Å². The van der Waals surface area contributed by atoms with Crippen LogP contribution in [0.4, 0.5) is 23.1 Å². The molecule has 3 aromatic rings. The highest BCUT2D eigenvalue weighted by molar-refractivity contribution is 6.42. The second-order valence-corrected chi connectivity index (χ2v) is 6.29. The van der Waals surface area contributed by atoms with E-state index >= 15 is 0 Å². The summed E-state index contributed by atoms with van der Waals surface area (Å²) in [5, 5.41) is 12.4. The van der Waals surface area contributed by atoms with Crippen molar-refractivity contribution in [3.05, 3.63) is 64.3 Å². The van der Waals surface area contributed by atoms with Crippen molar-refractivity contribution < 1.29 is 0 Å². The van der Waals surface area contributed by atoms with Crippen LogP contribution in [-0.2, 0) is 0 Å². The highest BCUT2D eigenvalue weighted by Crippen LogP contribution is 2.27. The molecule has 0 aliphatic heterocycles. The summed E-state index contributed by atoms with van der Waals surface area (Å²) < 4.78 is 0. The van der Waals surface area contributed by atoms with E-state index in [1.54, 1.807) is 18.3 Å². The molecule has 0 saturated heterocycles. The molecule has 0 atom stereocenters. The summed E-state index contributed by atoms with van der Waals surface area (Å²) in [6.45, 7) is 4.82. The Morgan fingerprint density at radius 3 is 2.64 bits per heavy atom. The first-order valence-corrected chi connectivity index (χ1v) is 8.58. The Kier molecular flexibility index (Phi) is 5.36. The molecule has 0 radical (unpaired) electrons. The first-order valence-electron chi connectivity index (χ1n) is 7.83. The number of aryl methyl sites for hydroxylation is 1. The Morgan fingerprint density at radius 1 is 1.08 bits per heavy atom. The van der Waals surface area contributed by atoms with Gasteiger partial charge in [0.15, 0.2) is 5.82 Å². The zero-order valence-electron chi connectivity index (χ0n) is 13.9. The van der Waals surface area contributed by atoms with Crippen molar-refractivity contribution in [2.24, 2.45) is 0 Å². The van der Waals surface area contributed by atoms with E-state index in [4.69, 9.17) is 23.2 Å². The number of anilines is 4. The standard InChI is InChI=1S/C18H17Cl2N5/c1-3-25(14-6-4-5-12(2)9-14)18-23-17(11-21-24-18)22-13-7-8-15(19)16(20)10-13/h4-11H,3H2,1-2H3,(H,22,23,24). The number of benzene rings is 2. The first kappa shape index (κ1) is 17.5. The Bertz CT molecular complexity index is 885. The SMILES string of the molecule is CCN(c1cccc(C)c1)c1nncc(Nc2ccc(Cl)c(Cl)c2)n1. The van der Waals surface area contributed by atoms with Crippen LogP contribution in [0.3, 0.4) is 0 Å². The van der Waals surface area contributed by atoms with Crippen molar-refractivity contribution >= 4 is 46.3 Å². The molecule has 1 heterocycles. The molecule has 1 aromatic heterocycles. The van der Waals surface area contributed by atoms with Crippen LogP contribution in [0.1, 0.15) is 12.5 Å². The molecule has 0 bridgehead atoms. The van der Waals surface area contributed by atoms with E-state index in [-0.39, 0.29) is 0 Å². The third-order valence-electron chi connectivity index (χ3n) is 3.61. The van der Waals surface area contributed by atoms with E-state index in [1.165, 1.54) is 5.56 Å². The Morgan fingerprint density at radius 2 is 1.92 bits per heavy atom. The lowest BCUT2D eigenvalue weighted by Crippen LogP contribution is -2.19. The predicted octanol–water partition coefficient (Wildman–Crippen LogP) is 5.39. The summed E-state index contributed by atoms with van der Waals surface area (Å²) in [4.78, 5) is 6.56. The van der Waals surface area contributed by atoms with E-state index in [1.807, 2.05) is 30.0 Å². The van der Waals surface area contributed by atoms with Crippen LogP contribution in [-0.4, -0.2) is 21.7 Å². The van der Waals surface area contributed by atoms with Crippen molar-refractivity contribution in [3.63, 3.8) is 0 Å². The zero-order chi connectivity index (χ0) is 17.8. The van der Waals surface area contributed by atoms with E-state index in [0.717, 1.165) is 17.9 Å². The normalized spacial score (nSPS) is 10.6. The quantitative estimate of drug-likeness (QED) is 0.649. The molecular formula is C18H17Cl2N5. The number of hydrogen-bond acceptors (Lipinski definition) is 5. The summed E-state index contributed by atoms with van der Waals surface area (Å²) in [6, 6.07) is 13.5. The summed E-state index contributed by atoms with van der Waals surface area (Å²) in [7, 11) is 0. The molecule has 0 aliphatic carbocycles. The molecular weight excluding hydrogens is 357 g/mol. The summed E-state index contributed by atoms with van der Waals surface area (Å²) >= 11 is 12.0. The fourth-order valence-corrected chi connectivity index (χ4v) is 2.72. The molecule has 0 saturated carbocycles. The van der Waals surface area contributed by atoms with Gasteiger partial charge in [-0.15, -0.1) is 5.10 Å². The Hall–Kier alpha value is -2.37. The van der Waals surface area contributed by atoms with E-state index in [0.29, 0.717) is 21.8 Å². The van der Waals surface area contributed by atoms with Crippen molar-refractivity contribution in [1.29, 1.82) is 0 Å². The van der Waals surface area contributed by atoms with Gasteiger partial charge in [0.05, 0.1) is 16.2 Å². The fourth-order valence-electron chi connectivity index (χ4n) is 2.43. The van der Waals surface area contributed by atoms with Gasteiger partial charge in [-0.2, -0.15) is 10.1 Å². The van der Waals surface area contributed by atoms with E-state index in [2.05, 4.69) is 39.6 Å². The smallest absolute Gasteiger partial charge is 0.251 e. The predicted molar refractivity (Wildman–Crippen MR) is 103 cm³/mol. The van der Waals surface area contributed by atoms with Crippen molar-refractivity contribution in [1.82, 2.24) is 15.2 Å². The average Bonchev–Trinajstić information content (AvgIpc) is 2.59. The molecule has 0 amide bonds. The maximum atomic E-state index is 6.05. The van der Waals surface area contributed by atoms with Crippen LogP contribution >= 0.6 is 23.2 Å². The molecule has 25 heavy (non-hydrogen) atoms.